The molecule has 25 heavy (non-hydrogen) atoms. The Morgan fingerprint density at radius 2 is 1.88 bits per heavy atom. The van der Waals surface area contributed by atoms with Gasteiger partial charge in [-0.25, -0.2) is 4.79 Å². The first kappa shape index (κ1) is 15.9. The summed E-state index contributed by atoms with van der Waals surface area (Å²) < 4.78 is 2.22. The third kappa shape index (κ3) is 2.54. The van der Waals surface area contributed by atoms with Crippen molar-refractivity contribution < 1.29 is 14.7 Å². The van der Waals surface area contributed by atoms with Gasteiger partial charge in [0.1, 0.15) is 0 Å². The normalized spacial score (nSPS) is 19.6. The number of aryl methyl sites for hydroxylation is 1. The maximum Gasteiger partial charge on any atom is 0.331 e. The number of amides is 1. The van der Waals surface area contributed by atoms with E-state index in [0.717, 1.165) is 35.4 Å². The van der Waals surface area contributed by atoms with E-state index in [-0.39, 0.29) is 5.91 Å². The quantitative estimate of drug-likeness (QED) is 0.934. The highest BCUT2D eigenvalue weighted by molar-refractivity contribution is 5.98. The van der Waals surface area contributed by atoms with Crippen molar-refractivity contribution in [3.8, 4) is 0 Å². The average Bonchev–Trinajstić information content (AvgIpc) is 3.38. The van der Waals surface area contributed by atoms with Crippen LogP contribution < -0.4 is 0 Å². The SMILES string of the molecule is Cc1cc(C(=O)N2CCc3ccccc3C2C(=O)O)c(C)n1C1CC1. The molecule has 4 rings (SSSR count). The fourth-order valence-corrected chi connectivity index (χ4v) is 4.09. The fourth-order valence-electron chi connectivity index (χ4n) is 4.09. The highest BCUT2D eigenvalue weighted by Crippen LogP contribution is 2.39. The van der Waals surface area contributed by atoms with Gasteiger partial charge in [-0.2, -0.15) is 0 Å². The summed E-state index contributed by atoms with van der Waals surface area (Å²) in [6.45, 7) is 4.41. The molecule has 1 fully saturated rings. The van der Waals surface area contributed by atoms with Gasteiger partial charge in [-0.1, -0.05) is 24.3 Å². The number of carbonyl (C=O) groups excluding carboxylic acids is 1. The van der Waals surface area contributed by atoms with Crippen molar-refractivity contribution in [2.24, 2.45) is 0 Å². The monoisotopic (exact) mass is 338 g/mol. The molecule has 1 saturated carbocycles. The van der Waals surface area contributed by atoms with Crippen LogP contribution in [0, 0.1) is 13.8 Å². The lowest BCUT2D eigenvalue weighted by atomic mass is 9.92. The van der Waals surface area contributed by atoms with Crippen molar-refractivity contribution in [3.05, 3.63) is 58.4 Å². The number of rotatable bonds is 3. The van der Waals surface area contributed by atoms with Crippen LogP contribution >= 0.6 is 0 Å². The molecule has 1 unspecified atom stereocenters. The number of aliphatic carboxylic acids is 1. The maximum atomic E-state index is 13.2. The maximum absolute atomic E-state index is 13.2. The zero-order chi connectivity index (χ0) is 17.7. The van der Waals surface area contributed by atoms with Gasteiger partial charge in [-0.3, -0.25) is 4.79 Å². The lowest BCUT2D eigenvalue weighted by Crippen LogP contribution is -2.43. The Morgan fingerprint density at radius 3 is 2.56 bits per heavy atom. The van der Waals surface area contributed by atoms with E-state index in [1.807, 2.05) is 44.2 Å². The van der Waals surface area contributed by atoms with E-state index in [2.05, 4.69) is 4.57 Å². The third-order valence-electron chi connectivity index (χ3n) is 5.40. The Balaban J connectivity index is 1.73. The number of carboxylic acid groups (broad SMARTS) is 1. The molecule has 130 valence electrons. The van der Waals surface area contributed by atoms with Crippen LogP contribution in [-0.2, 0) is 11.2 Å². The molecule has 2 heterocycles. The molecular weight excluding hydrogens is 316 g/mol. The Morgan fingerprint density at radius 1 is 1.16 bits per heavy atom. The minimum absolute atomic E-state index is 0.179. The molecule has 2 aromatic rings. The van der Waals surface area contributed by atoms with E-state index >= 15 is 0 Å². The number of hydrogen-bond donors (Lipinski definition) is 1. The van der Waals surface area contributed by atoms with E-state index < -0.39 is 12.0 Å². The summed E-state index contributed by atoms with van der Waals surface area (Å²) in [6.07, 6.45) is 2.99. The van der Waals surface area contributed by atoms with Crippen LogP contribution in [0.5, 0.6) is 0 Å². The lowest BCUT2D eigenvalue weighted by Gasteiger charge is -2.34. The number of carboxylic acids is 1. The van der Waals surface area contributed by atoms with Crippen molar-refractivity contribution in [1.29, 1.82) is 0 Å². The second kappa shape index (κ2) is 5.76. The summed E-state index contributed by atoms with van der Waals surface area (Å²) in [7, 11) is 0. The van der Waals surface area contributed by atoms with Gasteiger partial charge in [0.25, 0.3) is 5.91 Å². The smallest absolute Gasteiger partial charge is 0.331 e. The van der Waals surface area contributed by atoms with E-state index in [1.54, 1.807) is 0 Å². The molecule has 0 saturated heterocycles. The Hall–Kier alpha value is -2.56. The van der Waals surface area contributed by atoms with Crippen LogP contribution in [0.25, 0.3) is 0 Å². The number of hydrogen-bond acceptors (Lipinski definition) is 2. The van der Waals surface area contributed by atoms with E-state index in [1.165, 1.54) is 4.90 Å². The highest BCUT2D eigenvalue weighted by Gasteiger charge is 2.38. The number of benzene rings is 1. The zero-order valence-electron chi connectivity index (χ0n) is 14.5. The molecule has 0 radical (unpaired) electrons. The van der Waals surface area contributed by atoms with Gasteiger partial charge in [0.15, 0.2) is 6.04 Å². The van der Waals surface area contributed by atoms with Crippen LogP contribution in [0.3, 0.4) is 0 Å². The molecule has 1 aromatic heterocycles. The lowest BCUT2D eigenvalue weighted by molar-refractivity contribution is -0.143. The second-order valence-corrected chi connectivity index (χ2v) is 7.07. The standard InChI is InChI=1S/C20H22N2O3/c1-12-11-17(13(2)22(12)15-7-8-15)19(23)21-10-9-14-5-3-4-6-16(14)18(21)20(24)25/h3-6,11,15,18H,7-10H2,1-2H3,(H,24,25). The molecule has 1 atom stereocenters. The van der Waals surface area contributed by atoms with Gasteiger partial charge in [0.2, 0.25) is 0 Å². The Bertz CT molecular complexity index is 864. The predicted molar refractivity (Wildman–Crippen MR) is 93.7 cm³/mol. The summed E-state index contributed by atoms with van der Waals surface area (Å²) >= 11 is 0. The minimum Gasteiger partial charge on any atom is -0.479 e. The van der Waals surface area contributed by atoms with Crippen LogP contribution in [-0.4, -0.2) is 33.0 Å². The Kier molecular flexibility index (Phi) is 3.67. The van der Waals surface area contributed by atoms with Crippen molar-refractivity contribution in [3.63, 3.8) is 0 Å². The van der Waals surface area contributed by atoms with Crippen LogP contribution in [0.15, 0.2) is 30.3 Å². The first-order chi connectivity index (χ1) is 12.0. The van der Waals surface area contributed by atoms with Crippen molar-refractivity contribution in [2.75, 3.05) is 6.54 Å². The van der Waals surface area contributed by atoms with Crippen molar-refractivity contribution in [2.45, 2.75) is 45.2 Å². The first-order valence-electron chi connectivity index (χ1n) is 8.79. The average molecular weight is 338 g/mol. The highest BCUT2D eigenvalue weighted by atomic mass is 16.4. The summed E-state index contributed by atoms with van der Waals surface area (Å²) in [5, 5.41) is 9.78. The molecule has 1 amide bonds. The molecule has 2 aliphatic rings. The molecule has 5 nitrogen and oxygen atoms in total. The van der Waals surface area contributed by atoms with Gasteiger partial charge in [0.05, 0.1) is 5.56 Å². The topological polar surface area (TPSA) is 62.5 Å². The number of fused-ring (bicyclic) bond motifs is 1. The number of carbonyl (C=O) groups is 2. The minimum atomic E-state index is -0.975. The Labute approximate surface area is 146 Å². The van der Waals surface area contributed by atoms with Gasteiger partial charge in [-0.15, -0.1) is 0 Å². The number of nitrogens with zero attached hydrogens (tertiary/aromatic N) is 2. The fraction of sp³-hybridized carbons (Fsp3) is 0.400. The van der Waals surface area contributed by atoms with E-state index in [4.69, 9.17) is 0 Å². The molecule has 1 aliphatic carbocycles. The molecule has 5 heteroatoms. The second-order valence-electron chi connectivity index (χ2n) is 7.07. The zero-order valence-corrected chi connectivity index (χ0v) is 14.5. The predicted octanol–water partition coefficient (Wildman–Crippen LogP) is 3.26. The molecule has 0 bridgehead atoms. The van der Waals surface area contributed by atoms with Gasteiger partial charge >= 0.3 is 5.97 Å². The largest absolute Gasteiger partial charge is 0.479 e. The molecule has 1 N–H and O–H groups in total. The summed E-state index contributed by atoms with van der Waals surface area (Å²) in [5.74, 6) is -1.15. The van der Waals surface area contributed by atoms with E-state index in [9.17, 15) is 14.7 Å². The van der Waals surface area contributed by atoms with Crippen LogP contribution in [0.2, 0.25) is 0 Å². The van der Waals surface area contributed by atoms with Crippen molar-refractivity contribution >= 4 is 11.9 Å². The van der Waals surface area contributed by atoms with Crippen LogP contribution in [0.4, 0.5) is 0 Å². The number of aromatic nitrogens is 1. The van der Waals surface area contributed by atoms with Gasteiger partial charge < -0.3 is 14.6 Å². The molecular formula is C20H22N2O3. The summed E-state index contributed by atoms with van der Waals surface area (Å²) in [6, 6.07) is 9.02. The van der Waals surface area contributed by atoms with E-state index in [0.29, 0.717) is 24.6 Å². The first-order valence-corrected chi connectivity index (χ1v) is 8.79. The molecule has 1 aromatic carbocycles. The van der Waals surface area contributed by atoms with Crippen molar-refractivity contribution in [1.82, 2.24) is 9.47 Å². The molecule has 1 aliphatic heterocycles. The van der Waals surface area contributed by atoms with Gasteiger partial charge in [-0.05, 0) is 50.3 Å². The molecule has 0 spiro atoms. The summed E-state index contributed by atoms with van der Waals surface area (Å²) in [4.78, 5) is 26.7. The van der Waals surface area contributed by atoms with Crippen LogP contribution in [0.1, 0.15) is 57.8 Å². The third-order valence-corrected chi connectivity index (χ3v) is 5.40. The van der Waals surface area contributed by atoms with Gasteiger partial charge in [0, 0.05) is 24.0 Å². The summed E-state index contributed by atoms with van der Waals surface area (Å²) in [5.41, 5.74) is 4.41.